The van der Waals surface area contributed by atoms with Gasteiger partial charge in [0.15, 0.2) is 0 Å². The molecule has 1 aliphatic rings. The van der Waals surface area contributed by atoms with E-state index in [9.17, 15) is 18.0 Å². The van der Waals surface area contributed by atoms with Gasteiger partial charge in [-0.3, -0.25) is 4.79 Å². The fourth-order valence-corrected chi connectivity index (χ4v) is 2.68. The number of carbonyl (C=O) groups excluding carboxylic acids is 1. The first-order valence-corrected chi connectivity index (χ1v) is 7.05. The Kier molecular flexibility index (Phi) is 4.44. The number of carbonyl (C=O) groups is 1. The number of nitrogen functional groups attached to an aromatic ring is 1. The van der Waals surface area contributed by atoms with E-state index in [2.05, 4.69) is 12.2 Å². The molecule has 1 amide bonds. The zero-order valence-electron chi connectivity index (χ0n) is 11.8. The van der Waals surface area contributed by atoms with E-state index in [1.807, 2.05) is 0 Å². The summed E-state index contributed by atoms with van der Waals surface area (Å²) in [5.74, 6) is 0.106. The summed E-state index contributed by atoms with van der Waals surface area (Å²) >= 11 is 0. The number of amides is 1. The first-order chi connectivity index (χ1) is 9.79. The highest BCUT2D eigenvalue weighted by Gasteiger charge is 2.34. The Morgan fingerprint density at radius 2 is 1.86 bits per heavy atom. The second-order valence-corrected chi connectivity index (χ2v) is 5.69. The van der Waals surface area contributed by atoms with Gasteiger partial charge in [0.2, 0.25) is 0 Å². The number of hydrogen-bond acceptors (Lipinski definition) is 2. The average molecular weight is 300 g/mol. The maximum Gasteiger partial charge on any atom is 0.418 e. The highest BCUT2D eigenvalue weighted by molar-refractivity contribution is 6.00. The van der Waals surface area contributed by atoms with Crippen molar-refractivity contribution in [3.63, 3.8) is 0 Å². The van der Waals surface area contributed by atoms with Crippen LogP contribution in [0.1, 0.15) is 48.5 Å². The monoisotopic (exact) mass is 300 g/mol. The third-order valence-corrected chi connectivity index (χ3v) is 4.01. The highest BCUT2D eigenvalue weighted by atomic mass is 19.4. The number of para-hydroxylation sites is 1. The average Bonchev–Trinajstić information content (AvgIpc) is 2.40. The van der Waals surface area contributed by atoms with Gasteiger partial charge in [0, 0.05) is 6.04 Å². The van der Waals surface area contributed by atoms with Crippen LogP contribution in [0.25, 0.3) is 0 Å². The molecule has 0 saturated heterocycles. The van der Waals surface area contributed by atoms with Crippen LogP contribution in [0, 0.1) is 5.92 Å². The van der Waals surface area contributed by atoms with Crippen LogP contribution in [0.5, 0.6) is 0 Å². The summed E-state index contributed by atoms with van der Waals surface area (Å²) in [5, 5.41) is 2.79. The summed E-state index contributed by atoms with van der Waals surface area (Å²) in [6, 6.07) is 3.43. The minimum Gasteiger partial charge on any atom is -0.398 e. The summed E-state index contributed by atoms with van der Waals surface area (Å²) in [6.07, 6.45) is -0.815. The van der Waals surface area contributed by atoms with Gasteiger partial charge in [-0.1, -0.05) is 13.0 Å². The smallest absolute Gasteiger partial charge is 0.398 e. The fraction of sp³-hybridized carbons (Fsp3) is 0.533. The van der Waals surface area contributed by atoms with Crippen molar-refractivity contribution in [3.8, 4) is 0 Å². The number of nitrogens with one attached hydrogen (secondary N) is 1. The molecule has 1 aliphatic carbocycles. The molecular weight excluding hydrogens is 281 g/mol. The molecule has 0 bridgehead atoms. The summed E-state index contributed by atoms with van der Waals surface area (Å²) in [5.41, 5.74) is 3.94. The number of nitrogens with two attached hydrogens (primary N) is 1. The molecule has 0 aliphatic heterocycles. The lowest BCUT2D eigenvalue weighted by molar-refractivity contribution is -0.136. The Bertz CT molecular complexity index is 520. The van der Waals surface area contributed by atoms with Crippen molar-refractivity contribution < 1.29 is 18.0 Å². The maximum atomic E-state index is 12.8. The number of rotatable bonds is 2. The second-order valence-electron chi connectivity index (χ2n) is 5.69. The fourth-order valence-electron chi connectivity index (χ4n) is 2.68. The number of halogens is 3. The van der Waals surface area contributed by atoms with E-state index >= 15 is 0 Å². The third kappa shape index (κ3) is 3.68. The zero-order valence-corrected chi connectivity index (χ0v) is 11.8. The number of benzene rings is 1. The normalized spacial score (nSPS) is 22.9. The molecule has 0 atom stereocenters. The van der Waals surface area contributed by atoms with Gasteiger partial charge in [-0.25, -0.2) is 0 Å². The van der Waals surface area contributed by atoms with E-state index < -0.39 is 23.3 Å². The molecule has 0 radical (unpaired) electrons. The van der Waals surface area contributed by atoms with Gasteiger partial charge in [-0.2, -0.15) is 13.2 Å². The van der Waals surface area contributed by atoms with Crippen LogP contribution in [0.2, 0.25) is 0 Å². The quantitative estimate of drug-likeness (QED) is 0.820. The molecule has 0 heterocycles. The minimum atomic E-state index is -4.55. The summed E-state index contributed by atoms with van der Waals surface area (Å²) < 4.78 is 38.3. The van der Waals surface area contributed by atoms with Gasteiger partial charge in [-0.05, 0) is 43.7 Å². The molecule has 1 saturated carbocycles. The molecule has 6 heteroatoms. The van der Waals surface area contributed by atoms with Crippen LogP contribution < -0.4 is 11.1 Å². The summed E-state index contributed by atoms with van der Waals surface area (Å²) in [7, 11) is 0. The van der Waals surface area contributed by atoms with Crippen LogP contribution in [-0.4, -0.2) is 11.9 Å². The second kappa shape index (κ2) is 5.95. The van der Waals surface area contributed by atoms with Gasteiger partial charge >= 0.3 is 6.18 Å². The first-order valence-electron chi connectivity index (χ1n) is 7.05. The SMILES string of the molecule is CC1CCC(NC(=O)c2cccc(C(F)(F)F)c2N)CC1. The standard InChI is InChI=1S/C15H19F3N2O/c1-9-5-7-10(8-6-9)20-14(21)11-3-2-4-12(13(11)19)15(16,17)18/h2-4,9-10H,5-8,19H2,1H3,(H,20,21). The topological polar surface area (TPSA) is 55.1 Å². The third-order valence-electron chi connectivity index (χ3n) is 4.01. The van der Waals surface area contributed by atoms with Crippen LogP contribution in [0.3, 0.4) is 0 Å². The molecule has 3 N–H and O–H groups in total. The lowest BCUT2D eigenvalue weighted by atomic mass is 9.87. The Balaban J connectivity index is 2.13. The number of alkyl halides is 3. The van der Waals surface area contributed by atoms with Crippen molar-refractivity contribution in [2.45, 2.75) is 44.8 Å². The van der Waals surface area contributed by atoms with Crippen LogP contribution in [0.4, 0.5) is 18.9 Å². The molecule has 1 aromatic carbocycles. The molecule has 0 spiro atoms. The molecule has 0 unspecified atom stereocenters. The minimum absolute atomic E-state index is 0.0163. The molecule has 21 heavy (non-hydrogen) atoms. The summed E-state index contributed by atoms with van der Waals surface area (Å²) in [4.78, 5) is 12.1. The van der Waals surface area contributed by atoms with Crippen LogP contribution >= 0.6 is 0 Å². The van der Waals surface area contributed by atoms with Crippen molar-refractivity contribution in [2.24, 2.45) is 5.92 Å². The number of anilines is 1. The van der Waals surface area contributed by atoms with E-state index in [1.165, 1.54) is 12.1 Å². The molecule has 2 rings (SSSR count). The van der Waals surface area contributed by atoms with Crippen LogP contribution in [0.15, 0.2) is 18.2 Å². The van der Waals surface area contributed by atoms with E-state index in [-0.39, 0.29) is 11.6 Å². The van der Waals surface area contributed by atoms with Gasteiger partial charge in [0.1, 0.15) is 0 Å². The lowest BCUT2D eigenvalue weighted by Gasteiger charge is -2.27. The molecule has 1 aromatic rings. The van der Waals surface area contributed by atoms with Crippen molar-refractivity contribution in [1.29, 1.82) is 0 Å². The summed E-state index contributed by atoms with van der Waals surface area (Å²) in [6.45, 7) is 2.16. The van der Waals surface area contributed by atoms with Gasteiger partial charge in [-0.15, -0.1) is 0 Å². The Morgan fingerprint density at radius 3 is 2.43 bits per heavy atom. The molecule has 3 nitrogen and oxygen atoms in total. The Morgan fingerprint density at radius 1 is 1.24 bits per heavy atom. The highest BCUT2D eigenvalue weighted by Crippen LogP contribution is 2.35. The van der Waals surface area contributed by atoms with Crippen LogP contribution in [-0.2, 0) is 6.18 Å². The van der Waals surface area contributed by atoms with E-state index in [0.717, 1.165) is 31.7 Å². The van der Waals surface area contributed by atoms with Gasteiger partial charge < -0.3 is 11.1 Å². The Labute approximate surface area is 121 Å². The molecule has 1 fully saturated rings. The van der Waals surface area contributed by atoms with E-state index in [0.29, 0.717) is 5.92 Å². The van der Waals surface area contributed by atoms with Gasteiger partial charge in [0.05, 0.1) is 16.8 Å². The van der Waals surface area contributed by atoms with Crippen molar-refractivity contribution in [3.05, 3.63) is 29.3 Å². The Hall–Kier alpha value is -1.72. The van der Waals surface area contributed by atoms with Gasteiger partial charge in [0.25, 0.3) is 5.91 Å². The lowest BCUT2D eigenvalue weighted by Crippen LogP contribution is -2.37. The van der Waals surface area contributed by atoms with E-state index in [1.54, 1.807) is 0 Å². The van der Waals surface area contributed by atoms with Crippen molar-refractivity contribution in [2.75, 3.05) is 5.73 Å². The maximum absolute atomic E-state index is 12.8. The predicted molar refractivity (Wildman–Crippen MR) is 74.7 cm³/mol. The molecule has 116 valence electrons. The van der Waals surface area contributed by atoms with Crippen molar-refractivity contribution in [1.82, 2.24) is 5.32 Å². The van der Waals surface area contributed by atoms with Crippen molar-refractivity contribution >= 4 is 11.6 Å². The van der Waals surface area contributed by atoms with E-state index in [4.69, 9.17) is 5.73 Å². The first kappa shape index (κ1) is 15.7. The molecule has 0 aromatic heterocycles. The predicted octanol–water partition coefficient (Wildman–Crippen LogP) is 3.60. The zero-order chi connectivity index (χ0) is 15.6. The molecular formula is C15H19F3N2O. The number of hydrogen-bond donors (Lipinski definition) is 2. The largest absolute Gasteiger partial charge is 0.418 e.